The molecule has 7 heteroatoms. The first-order valence-corrected chi connectivity index (χ1v) is 10.3. The van der Waals surface area contributed by atoms with Crippen LogP contribution in [0.2, 0.25) is 0 Å². The van der Waals surface area contributed by atoms with Gasteiger partial charge in [0.25, 0.3) is 5.91 Å². The van der Waals surface area contributed by atoms with Gasteiger partial charge in [0.15, 0.2) is 0 Å². The number of carbonyl (C=O) groups is 2. The summed E-state index contributed by atoms with van der Waals surface area (Å²) in [5.41, 5.74) is 1.67. The summed E-state index contributed by atoms with van der Waals surface area (Å²) >= 11 is 0. The van der Waals surface area contributed by atoms with Crippen LogP contribution in [0.25, 0.3) is 0 Å². The van der Waals surface area contributed by atoms with E-state index in [4.69, 9.17) is 4.74 Å². The number of piperidine rings is 2. The molecule has 0 radical (unpaired) electrons. The van der Waals surface area contributed by atoms with E-state index in [-0.39, 0.29) is 17.7 Å². The van der Waals surface area contributed by atoms with Gasteiger partial charge in [-0.25, -0.2) is 0 Å². The van der Waals surface area contributed by atoms with Gasteiger partial charge in [0.2, 0.25) is 5.91 Å². The molecular formula is C21H32N4O3. The van der Waals surface area contributed by atoms with Gasteiger partial charge in [0.05, 0.1) is 18.1 Å². The Morgan fingerprint density at radius 3 is 2.75 bits per heavy atom. The highest BCUT2D eigenvalue weighted by Gasteiger charge is 2.32. The summed E-state index contributed by atoms with van der Waals surface area (Å²) in [6.45, 7) is 6.46. The van der Waals surface area contributed by atoms with Gasteiger partial charge < -0.3 is 15.0 Å². The average molecular weight is 389 g/mol. The smallest absolute Gasteiger partial charge is 0.255 e. The number of methoxy groups -OCH3 is 1. The lowest BCUT2D eigenvalue weighted by atomic mass is 9.93. The molecule has 1 aromatic rings. The van der Waals surface area contributed by atoms with E-state index < -0.39 is 0 Å². The molecule has 7 nitrogen and oxygen atoms in total. The van der Waals surface area contributed by atoms with Crippen molar-refractivity contribution in [2.75, 3.05) is 46.4 Å². The zero-order valence-corrected chi connectivity index (χ0v) is 17.0. The molecule has 28 heavy (non-hydrogen) atoms. The zero-order chi connectivity index (χ0) is 19.9. The van der Waals surface area contributed by atoms with Crippen molar-refractivity contribution in [3.05, 3.63) is 29.6 Å². The van der Waals surface area contributed by atoms with E-state index in [0.29, 0.717) is 24.8 Å². The van der Waals surface area contributed by atoms with Gasteiger partial charge in [0.1, 0.15) is 0 Å². The number of carbonyl (C=O) groups excluding carboxylic acids is 2. The van der Waals surface area contributed by atoms with Gasteiger partial charge in [-0.1, -0.05) is 0 Å². The van der Waals surface area contributed by atoms with Gasteiger partial charge in [-0.15, -0.1) is 0 Å². The van der Waals surface area contributed by atoms with Crippen molar-refractivity contribution in [2.24, 2.45) is 5.92 Å². The van der Waals surface area contributed by atoms with Gasteiger partial charge in [-0.2, -0.15) is 0 Å². The third-order valence-electron chi connectivity index (χ3n) is 5.97. The lowest BCUT2D eigenvalue weighted by Crippen LogP contribution is -2.51. The summed E-state index contributed by atoms with van der Waals surface area (Å²) in [7, 11) is 1.64. The van der Waals surface area contributed by atoms with E-state index in [2.05, 4.69) is 15.2 Å². The first kappa shape index (κ1) is 20.7. The van der Waals surface area contributed by atoms with Crippen LogP contribution in [0.4, 0.5) is 0 Å². The van der Waals surface area contributed by atoms with Gasteiger partial charge in [0, 0.05) is 51.7 Å². The number of nitrogens with one attached hydrogen (secondary N) is 1. The maximum atomic E-state index is 12.8. The van der Waals surface area contributed by atoms with Crippen molar-refractivity contribution in [3.8, 4) is 0 Å². The van der Waals surface area contributed by atoms with E-state index >= 15 is 0 Å². The van der Waals surface area contributed by atoms with Crippen LogP contribution >= 0.6 is 0 Å². The number of hydrogen-bond acceptors (Lipinski definition) is 5. The maximum Gasteiger partial charge on any atom is 0.255 e. The minimum Gasteiger partial charge on any atom is -0.383 e. The highest BCUT2D eigenvalue weighted by atomic mass is 16.5. The van der Waals surface area contributed by atoms with Crippen molar-refractivity contribution < 1.29 is 14.3 Å². The second-order valence-electron chi connectivity index (χ2n) is 7.83. The molecule has 3 heterocycles. The van der Waals surface area contributed by atoms with Gasteiger partial charge in [-0.05, 0) is 50.8 Å². The Morgan fingerprint density at radius 2 is 2.04 bits per heavy atom. The van der Waals surface area contributed by atoms with Gasteiger partial charge in [-0.3, -0.25) is 19.5 Å². The van der Waals surface area contributed by atoms with Crippen LogP contribution in [0.1, 0.15) is 41.6 Å². The summed E-state index contributed by atoms with van der Waals surface area (Å²) in [5.74, 6) is 0.280. The molecular weight excluding hydrogens is 356 g/mol. The van der Waals surface area contributed by atoms with Crippen molar-refractivity contribution in [3.63, 3.8) is 0 Å². The minimum absolute atomic E-state index is 0.0586. The predicted octanol–water partition coefficient (Wildman–Crippen LogP) is 1.47. The molecule has 1 aromatic heterocycles. The molecule has 2 aliphatic rings. The first-order chi connectivity index (χ1) is 13.6. The summed E-state index contributed by atoms with van der Waals surface area (Å²) in [6, 6.07) is 2.33. The van der Waals surface area contributed by atoms with Crippen molar-refractivity contribution in [2.45, 2.75) is 38.6 Å². The number of likely N-dealkylation sites (tertiary alicyclic amines) is 2. The Kier molecular flexibility index (Phi) is 7.39. The number of ether oxygens (including phenoxy) is 1. The zero-order valence-electron chi connectivity index (χ0n) is 17.0. The standard InChI is InChI=1S/C21H32N4O3/c1-16-5-8-22-14-19(16)21(27)24-11-6-18(7-12-24)25-10-3-4-17(15-25)20(26)23-9-13-28-2/h5,8,14,17-18H,3-4,6-7,9-13,15H2,1-2H3,(H,23,26)/t17-/m1/s1. The molecule has 1 N–H and O–H groups in total. The van der Waals surface area contributed by atoms with E-state index in [9.17, 15) is 9.59 Å². The lowest BCUT2D eigenvalue weighted by Gasteiger charge is -2.42. The highest BCUT2D eigenvalue weighted by Crippen LogP contribution is 2.25. The van der Waals surface area contributed by atoms with Crippen LogP contribution in [-0.4, -0.2) is 79.1 Å². The molecule has 0 aromatic carbocycles. The van der Waals surface area contributed by atoms with Crippen LogP contribution in [0.3, 0.4) is 0 Å². The SMILES string of the molecule is COCCNC(=O)[C@@H]1CCCN(C2CCN(C(=O)c3cnccc3C)CC2)C1. The van der Waals surface area contributed by atoms with E-state index in [1.54, 1.807) is 19.5 Å². The number of nitrogens with zero attached hydrogens (tertiary/aromatic N) is 3. The van der Waals surface area contributed by atoms with Crippen LogP contribution < -0.4 is 5.32 Å². The Hall–Kier alpha value is -1.99. The van der Waals surface area contributed by atoms with Crippen LogP contribution in [0, 0.1) is 12.8 Å². The molecule has 2 aliphatic heterocycles. The summed E-state index contributed by atoms with van der Waals surface area (Å²) < 4.78 is 5.00. The molecule has 1 atom stereocenters. The molecule has 0 saturated carbocycles. The molecule has 0 spiro atoms. The summed E-state index contributed by atoms with van der Waals surface area (Å²) in [6.07, 6.45) is 7.31. The quantitative estimate of drug-likeness (QED) is 0.747. The third kappa shape index (κ3) is 5.08. The monoisotopic (exact) mass is 388 g/mol. The summed E-state index contributed by atoms with van der Waals surface area (Å²) in [4.78, 5) is 33.7. The fourth-order valence-corrected chi connectivity index (χ4v) is 4.27. The van der Waals surface area contributed by atoms with E-state index in [1.165, 1.54) is 0 Å². The Bertz CT molecular complexity index is 673. The second-order valence-corrected chi connectivity index (χ2v) is 7.83. The van der Waals surface area contributed by atoms with Crippen molar-refractivity contribution in [1.82, 2.24) is 20.1 Å². The summed E-state index contributed by atoms with van der Waals surface area (Å²) in [5, 5.41) is 2.97. The van der Waals surface area contributed by atoms with Crippen molar-refractivity contribution in [1.29, 1.82) is 0 Å². The highest BCUT2D eigenvalue weighted by molar-refractivity contribution is 5.95. The Morgan fingerprint density at radius 1 is 1.25 bits per heavy atom. The van der Waals surface area contributed by atoms with E-state index in [1.807, 2.05) is 17.9 Å². The fraction of sp³-hybridized carbons (Fsp3) is 0.667. The molecule has 3 rings (SSSR count). The maximum absolute atomic E-state index is 12.8. The third-order valence-corrected chi connectivity index (χ3v) is 5.97. The second kappa shape index (κ2) is 9.98. The molecule has 0 unspecified atom stereocenters. The minimum atomic E-state index is 0.0586. The van der Waals surface area contributed by atoms with E-state index in [0.717, 1.165) is 57.4 Å². The normalized spacial score (nSPS) is 21.5. The number of aromatic nitrogens is 1. The predicted molar refractivity (Wildman–Crippen MR) is 107 cm³/mol. The number of aryl methyl sites for hydroxylation is 1. The number of amides is 2. The molecule has 2 fully saturated rings. The molecule has 154 valence electrons. The Balaban J connectivity index is 1.49. The van der Waals surface area contributed by atoms with Gasteiger partial charge >= 0.3 is 0 Å². The average Bonchev–Trinajstić information content (AvgIpc) is 2.74. The van der Waals surface area contributed by atoms with Crippen LogP contribution in [0.15, 0.2) is 18.5 Å². The van der Waals surface area contributed by atoms with Crippen molar-refractivity contribution >= 4 is 11.8 Å². The number of pyridine rings is 1. The molecule has 0 bridgehead atoms. The number of rotatable bonds is 6. The molecule has 2 saturated heterocycles. The number of hydrogen-bond donors (Lipinski definition) is 1. The lowest BCUT2D eigenvalue weighted by molar-refractivity contribution is -0.127. The fourth-order valence-electron chi connectivity index (χ4n) is 4.27. The molecule has 2 amide bonds. The first-order valence-electron chi connectivity index (χ1n) is 10.3. The molecule has 0 aliphatic carbocycles. The van der Waals surface area contributed by atoms with Crippen LogP contribution in [0.5, 0.6) is 0 Å². The topological polar surface area (TPSA) is 74.8 Å². The van der Waals surface area contributed by atoms with Crippen LogP contribution in [-0.2, 0) is 9.53 Å². The largest absolute Gasteiger partial charge is 0.383 e. The Labute approximate surface area is 167 Å².